The summed E-state index contributed by atoms with van der Waals surface area (Å²) in [6.07, 6.45) is 1.06. The molecule has 0 bridgehead atoms. The predicted octanol–water partition coefficient (Wildman–Crippen LogP) is 2.50. The lowest BCUT2D eigenvalue weighted by Crippen LogP contribution is -2.34. The second-order valence-corrected chi connectivity index (χ2v) is 5.27. The van der Waals surface area contributed by atoms with Gasteiger partial charge in [-0.2, -0.15) is 0 Å². The fraction of sp³-hybridized carbons (Fsp3) is 0.533. The topological polar surface area (TPSA) is 23.6 Å². The van der Waals surface area contributed by atoms with E-state index >= 15 is 0 Å². The van der Waals surface area contributed by atoms with Crippen molar-refractivity contribution >= 4 is 18.3 Å². The molecule has 0 radical (unpaired) electrons. The molecule has 0 aromatic heterocycles. The summed E-state index contributed by atoms with van der Waals surface area (Å²) in [5, 5.41) is 0. The standard InChI is InChI=1S/C15H22N2O.ClH/c1-12-5-6-14(13(2)11-12)15(18)17-8-4-7-16(3)9-10-17;/h5-6,11H,4,7-10H2,1-3H3;1H. The molecule has 0 atom stereocenters. The molecule has 0 aliphatic carbocycles. The van der Waals surface area contributed by atoms with Gasteiger partial charge >= 0.3 is 0 Å². The van der Waals surface area contributed by atoms with Crippen LogP contribution in [0.15, 0.2) is 18.2 Å². The van der Waals surface area contributed by atoms with Gasteiger partial charge in [0.1, 0.15) is 0 Å². The van der Waals surface area contributed by atoms with Crippen molar-refractivity contribution in [1.29, 1.82) is 0 Å². The Labute approximate surface area is 122 Å². The maximum atomic E-state index is 12.5. The van der Waals surface area contributed by atoms with Gasteiger partial charge in [-0.25, -0.2) is 0 Å². The molecule has 1 amide bonds. The number of benzene rings is 1. The summed E-state index contributed by atoms with van der Waals surface area (Å²) in [4.78, 5) is 16.8. The van der Waals surface area contributed by atoms with Gasteiger partial charge in [0.2, 0.25) is 0 Å². The summed E-state index contributed by atoms with van der Waals surface area (Å²) in [5.41, 5.74) is 3.14. The summed E-state index contributed by atoms with van der Waals surface area (Å²) < 4.78 is 0. The average Bonchev–Trinajstić information content (AvgIpc) is 2.53. The van der Waals surface area contributed by atoms with E-state index in [2.05, 4.69) is 24.9 Å². The molecule has 0 spiro atoms. The normalized spacial score (nSPS) is 16.7. The monoisotopic (exact) mass is 282 g/mol. The van der Waals surface area contributed by atoms with E-state index < -0.39 is 0 Å². The van der Waals surface area contributed by atoms with E-state index in [4.69, 9.17) is 0 Å². The van der Waals surface area contributed by atoms with Crippen molar-refractivity contribution in [2.45, 2.75) is 20.3 Å². The third kappa shape index (κ3) is 3.95. The van der Waals surface area contributed by atoms with Crippen molar-refractivity contribution in [2.75, 3.05) is 33.2 Å². The second kappa shape index (κ2) is 6.92. The molecule has 1 aromatic rings. The van der Waals surface area contributed by atoms with Gasteiger partial charge in [-0.1, -0.05) is 17.7 Å². The Morgan fingerprint density at radius 1 is 1.11 bits per heavy atom. The first-order valence-corrected chi connectivity index (χ1v) is 6.63. The van der Waals surface area contributed by atoms with E-state index in [9.17, 15) is 4.79 Å². The Morgan fingerprint density at radius 3 is 2.53 bits per heavy atom. The molecular weight excluding hydrogens is 260 g/mol. The Balaban J connectivity index is 0.00000180. The van der Waals surface area contributed by atoms with Gasteiger partial charge in [0.15, 0.2) is 0 Å². The molecule has 1 aromatic carbocycles. The lowest BCUT2D eigenvalue weighted by molar-refractivity contribution is 0.0762. The number of nitrogens with zero attached hydrogens (tertiary/aromatic N) is 2. The van der Waals surface area contributed by atoms with E-state index in [0.29, 0.717) is 0 Å². The molecule has 2 rings (SSSR count). The van der Waals surface area contributed by atoms with Crippen LogP contribution in [0.1, 0.15) is 27.9 Å². The van der Waals surface area contributed by atoms with Gasteiger partial charge in [0, 0.05) is 25.2 Å². The average molecular weight is 283 g/mol. The van der Waals surface area contributed by atoms with Gasteiger partial charge < -0.3 is 9.80 Å². The number of carbonyl (C=O) groups is 1. The summed E-state index contributed by atoms with van der Waals surface area (Å²) in [7, 11) is 2.12. The highest BCUT2D eigenvalue weighted by atomic mass is 35.5. The summed E-state index contributed by atoms with van der Waals surface area (Å²) >= 11 is 0. The van der Waals surface area contributed by atoms with Crippen molar-refractivity contribution in [3.63, 3.8) is 0 Å². The first kappa shape index (κ1) is 16.0. The minimum Gasteiger partial charge on any atom is -0.337 e. The predicted molar refractivity (Wildman–Crippen MR) is 81.2 cm³/mol. The zero-order chi connectivity index (χ0) is 13.1. The molecule has 1 aliphatic heterocycles. The highest BCUT2D eigenvalue weighted by Gasteiger charge is 2.19. The van der Waals surface area contributed by atoms with Crippen LogP contribution < -0.4 is 0 Å². The largest absolute Gasteiger partial charge is 0.337 e. The third-order valence-corrected chi connectivity index (χ3v) is 3.62. The van der Waals surface area contributed by atoms with Crippen LogP contribution in [-0.2, 0) is 0 Å². The van der Waals surface area contributed by atoms with Crippen molar-refractivity contribution in [2.24, 2.45) is 0 Å². The number of halogens is 1. The van der Waals surface area contributed by atoms with Crippen molar-refractivity contribution in [3.8, 4) is 0 Å². The minimum absolute atomic E-state index is 0. The fourth-order valence-electron chi connectivity index (χ4n) is 2.47. The minimum atomic E-state index is 0. The molecule has 0 saturated carbocycles. The van der Waals surface area contributed by atoms with E-state index in [1.165, 1.54) is 5.56 Å². The smallest absolute Gasteiger partial charge is 0.254 e. The van der Waals surface area contributed by atoms with Crippen LogP contribution in [-0.4, -0.2) is 48.9 Å². The van der Waals surface area contributed by atoms with Gasteiger partial charge in [0.25, 0.3) is 5.91 Å². The molecule has 1 heterocycles. The van der Waals surface area contributed by atoms with Crippen molar-refractivity contribution < 1.29 is 4.79 Å². The molecule has 1 aliphatic rings. The van der Waals surface area contributed by atoms with Crippen LogP contribution in [0.3, 0.4) is 0 Å². The van der Waals surface area contributed by atoms with Crippen LogP contribution in [0.2, 0.25) is 0 Å². The Kier molecular flexibility index (Phi) is 5.83. The van der Waals surface area contributed by atoms with E-state index in [1.54, 1.807) is 0 Å². The van der Waals surface area contributed by atoms with E-state index in [1.807, 2.05) is 24.0 Å². The van der Waals surface area contributed by atoms with Crippen LogP contribution in [0.25, 0.3) is 0 Å². The summed E-state index contributed by atoms with van der Waals surface area (Å²) in [6.45, 7) is 7.83. The number of rotatable bonds is 1. The molecule has 4 heteroatoms. The number of aryl methyl sites for hydroxylation is 2. The van der Waals surface area contributed by atoms with Crippen molar-refractivity contribution in [3.05, 3.63) is 34.9 Å². The number of hydrogen-bond acceptors (Lipinski definition) is 2. The fourth-order valence-corrected chi connectivity index (χ4v) is 2.47. The molecule has 1 fully saturated rings. The Morgan fingerprint density at radius 2 is 1.84 bits per heavy atom. The number of likely N-dealkylation sites (N-methyl/N-ethyl adjacent to an activating group) is 1. The number of carbonyl (C=O) groups excluding carboxylic acids is 1. The number of amides is 1. The van der Waals surface area contributed by atoms with Gasteiger partial charge in [0.05, 0.1) is 0 Å². The maximum absolute atomic E-state index is 12.5. The molecule has 3 nitrogen and oxygen atoms in total. The number of hydrogen-bond donors (Lipinski definition) is 0. The van der Waals surface area contributed by atoms with E-state index in [-0.39, 0.29) is 18.3 Å². The lowest BCUT2D eigenvalue weighted by Gasteiger charge is -2.21. The SMILES string of the molecule is Cc1ccc(C(=O)N2CCCN(C)CC2)c(C)c1.Cl. The first-order valence-electron chi connectivity index (χ1n) is 6.63. The molecule has 0 N–H and O–H groups in total. The second-order valence-electron chi connectivity index (χ2n) is 5.27. The third-order valence-electron chi connectivity index (χ3n) is 3.62. The van der Waals surface area contributed by atoms with Gasteiger partial charge in [-0.05, 0) is 45.5 Å². The Hall–Kier alpha value is -1.06. The van der Waals surface area contributed by atoms with Crippen LogP contribution >= 0.6 is 12.4 Å². The molecular formula is C15H23ClN2O. The van der Waals surface area contributed by atoms with Gasteiger partial charge in [-0.3, -0.25) is 4.79 Å². The highest BCUT2D eigenvalue weighted by Crippen LogP contribution is 2.14. The van der Waals surface area contributed by atoms with Crippen LogP contribution in [0.4, 0.5) is 0 Å². The quantitative estimate of drug-likeness (QED) is 0.790. The van der Waals surface area contributed by atoms with Crippen LogP contribution in [0, 0.1) is 13.8 Å². The zero-order valence-corrected chi connectivity index (χ0v) is 12.8. The highest BCUT2D eigenvalue weighted by molar-refractivity contribution is 5.95. The van der Waals surface area contributed by atoms with Crippen LogP contribution in [0.5, 0.6) is 0 Å². The molecule has 1 saturated heterocycles. The summed E-state index contributed by atoms with van der Waals surface area (Å²) in [5.74, 6) is 0.183. The molecule has 106 valence electrons. The molecule has 19 heavy (non-hydrogen) atoms. The lowest BCUT2D eigenvalue weighted by atomic mass is 10.0. The Bertz CT molecular complexity index is 448. The zero-order valence-electron chi connectivity index (χ0n) is 12.0. The summed E-state index contributed by atoms with van der Waals surface area (Å²) in [6, 6.07) is 6.06. The van der Waals surface area contributed by atoms with Gasteiger partial charge in [-0.15, -0.1) is 12.4 Å². The maximum Gasteiger partial charge on any atom is 0.254 e. The first-order chi connectivity index (χ1) is 8.58. The van der Waals surface area contributed by atoms with Crippen molar-refractivity contribution in [1.82, 2.24) is 9.80 Å². The molecule has 0 unspecified atom stereocenters. The van der Waals surface area contributed by atoms with E-state index in [0.717, 1.165) is 43.7 Å².